The van der Waals surface area contributed by atoms with Crippen LogP contribution in [0.5, 0.6) is 0 Å². The summed E-state index contributed by atoms with van der Waals surface area (Å²) in [6.07, 6.45) is 1.21. The number of hydrazine groups is 1. The fourth-order valence-corrected chi connectivity index (χ4v) is 3.65. The molecule has 6 nitrogen and oxygen atoms in total. The van der Waals surface area contributed by atoms with Gasteiger partial charge in [0.2, 0.25) is 5.91 Å². The molecular weight excluding hydrogens is 434 g/mol. The van der Waals surface area contributed by atoms with Crippen molar-refractivity contribution in [2.45, 2.75) is 46.0 Å². The zero-order valence-corrected chi connectivity index (χ0v) is 18.6. The Morgan fingerprint density at radius 3 is 1.97 bits per heavy atom. The maximum absolute atomic E-state index is 12.3. The molecule has 7 heteroatoms. The van der Waals surface area contributed by atoms with E-state index in [-0.39, 0.29) is 11.3 Å². The van der Waals surface area contributed by atoms with Gasteiger partial charge in [-0.15, -0.1) is 0 Å². The van der Waals surface area contributed by atoms with Crippen LogP contribution in [0.15, 0.2) is 46.9 Å². The van der Waals surface area contributed by atoms with Gasteiger partial charge < -0.3 is 5.32 Å². The molecule has 0 fully saturated rings. The first-order valence-electron chi connectivity index (χ1n) is 9.42. The van der Waals surface area contributed by atoms with Crippen LogP contribution in [0.4, 0.5) is 5.69 Å². The molecule has 0 atom stereocenters. The normalized spacial score (nSPS) is 10.9. The molecule has 2 aromatic carbocycles. The van der Waals surface area contributed by atoms with Crippen LogP contribution in [0.25, 0.3) is 0 Å². The number of nitrogens with one attached hydrogen (secondary N) is 3. The lowest BCUT2D eigenvalue weighted by Crippen LogP contribution is -2.41. The molecule has 29 heavy (non-hydrogen) atoms. The van der Waals surface area contributed by atoms with E-state index in [4.69, 9.17) is 0 Å². The number of hydrogen-bond acceptors (Lipinski definition) is 3. The van der Waals surface area contributed by atoms with E-state index in [0.717, 1.165) is 16.5 Å². The Labute approximate surface area is 179 Å². The lowest BCUT2D eigenvalue weighted by Gasteiger charge is -2.21. The number of carbonyl (C=O) groups excluding carboxylic acids is 3. The van der Waals surface area contributed by atoms with Crippen molar-refractivity contribution in [2.75, 3.05) is 5.32 Å². The summed E-state index contributed by atoms with van der Waals surface area (Å²) in [5.41, 5.74) is 7.27. The minimum Gasteiger partial charge on any atom is -0.326 e. The minimum absolute atomic E-state index is 0.0514. The smallest absolute Gasteiger partial charge is 0.269 e. The van der Waals surface area contributed by atoms with Crippen molar-refractivity contribution < 1.29 is 14.4 Å². The summed E-state index contributed by atoms with van der Waals surface area (Å²) < 4.78 is 0.838. The number of halogens is 1. The van der Waals surface area contributed by atoms with Crippen LogP contribution in [0.1, 0.15) is 66.8 Å². The molecule has 0 aromatic heterocycles. The molecule has 3 amide bonds. The van der Waals surface area contributed by atoms with Gasteiger partial charge in [0.05, 0.1) is 0 Å². The first-order chi connectivity index (χ1) is 13.6. The van der Waals surface area contributed by atoms with Gasteiger partial charge in [-0.1, -0.05) is 49.7 Å². The monoisotopic (exact) mass is 459 g/mol. The topological polar surface area (TPSA) is 87.3 Å². The fraction of sp³-hybridized carbons (Fsp3) is 0.318. The SMILES string of the molecule is CCCC(=O)Nc1ccc(C(=O)NNC(=O)c2ccc(C(C)(C)C)c(Br)c2)cc1. The molecule has 0 aliphatic carbocycles. The van der Waals surface area contributed by atoms with Crippen LogP contribution in [-0.2, 0) is 10.2 Å². The minimum atomic E-state index is -0.449. The van der Waals surface area contributed by atoms with Gasteiger partial charge in [0.15, 0.2) is 0 Å². The van der Waals surface area contributed by atoms with E-state index in [1.807, 2.05) is 13.0 Å². The zero-order chi connectivity index (χ0) is 21.6. The van der Waals surface area contributed by atoms with Crippen molar-refractivity contribution in [2.24, 2.45) is 0 Å². The Morgan fingerprint density at radius 1 is 0.897 bits per heavy atom. The van der Waals surface area contributed by atoms with Crippen LogP contribution in [0, 0.1) is 0 Å². The molecule has 2 rings (SSSR count). The second kappa shape index (κ2) is 9.69. The molecule has 0 spiro atoms. The van der Waals surface area contributed by atoms with Gasteiger partial charge in [0.25, 0.3) is 11.8 Å². The molecule has 2 aromatic rings. The van der Waals surface area contributed by atoms with E-state index >= 15 is 0 Å². The van der Waals surface area contributed by atoms with Crippen LogP contribution in [-0.4, -0.2) is 17.7 Å². The number of hydrogen-bond donors (Lipinski definition) is 3. The second-order valence-corrected chi connectivity index (χ2v) is 8.58. The van der Waals surface area contributed by atoms with Crippen molar-refractivity contribution in [3.8, 4) is 0 Å². The Morgan fingerprint density at radius 2 is 1.45 bits per heavy atom. The Balaban J connectivity index is 1.95. The number of rotatable bonds is 5. The summed E-state index contributed by atoms with van der Waals surface area (Å²) in [6.45, 7) is 8.20. The van der Waals surface area contributed by atoms with Crippen molar-refractivity contribution in [3.05, 3.63) is 63.6 Å². The number of amides is 3. The first kappa shape index (κ1) is 22.6. The van der Waals surface area contributed by atoms with E-state index in [9.17, 15) is 14.4 Å². The third-order valence-electron chi connectivity index (χ3n) is 4.24. The van der Waals surface area contributed by atoms with Crippen LogP contribution < -0.4 is 16.2 Å². The molecule has 0 saturated heterocycles. The Kier molecular flexibility index (Phi) is 7.56. The molecular formula is C22H26BrN3O3. The quantitative estimate of drug-likeness (QED) is 0.572. The average molecular weight is 460 g/mol. The molecule has 0 radical (unpaired) electrons. The number of benzene rings is 2. The second-order valence-electron chi connectivity index (χ2n) is 7.73. The van der Waals surface area contributed by atoms with Crippen molar-refractivity contribution in [1.82, 2.24) is 10.9 Å². The van der Waals surface area contributed by atoms with Crippen LogP contribution in [0.3, 0.4) is 0 Å². The molecule has 0 bridgehead atoms. The highest BCUT2D eigenvalue weighted by atomic mass is 79.9. The van der Waals surface area contributed by atoms with Gasteiger partial charge in [0.1, 0.15) is 0 Å². The van der Waals surface area contributed by atoms with Gasteiger partial charge in [0, 0.05) is 27.7 Å². The van der Waals surface area contributed by atoms with Gasteiger partial charge in [-0.25, -0.2) is 0 Å². The molecule has 0 aliphatic heterocycles. The summed E-state index contributed by atoms with van der Waals surface area (Å²) >= 11 is 3.50. The van der Waals surface area contributed by atoms with Crippen molar-refractivity contribution >= 4 is 39.3 Å². The third-order valence-corrected chi connectivity index (χ3v) is 4.89. The van der Waals surface area contributed by atoms with Gasteiger partial charge in [-0.3, -0.25) is 25.2 Å². The predicted octanol–water partition coefficient (Wildman–Crippen LogP) is 4.56. The third kappa shape index (κ3) is 6.42. The number of carbonyl (C=O) groups is 3. The molecule has 3 N–H and O–H groups in total. The summed E-state index contributed by atoms with van der Waals surface area (Å²) in [7, 11) is 0. The predicted molar refractivity (Wildman–Crippen MR) is 118 cm³/mol. The first-order valence-corrected chi connectivity index (χ1v) is 10.2. The summed E-state index contributed by atoms with van der Waals surface area (Å²) in [4.78, 5) is 36.2. The molecule has 0 unspecified atom stereocenters. The van der Waals surface area contributed by atoms with Crippen LogP contribution >= 0.6 is 15.9 Å². The van der Waals surface area contributed by atoms with E-state index in [1.165, 1.54) is 0 Å². The molecule has 0 saturated carbocycles. The van der Waals surface area contributed by atoms with Gasteiger partial charge >= 0.3 is 0 Å². The maximum atomic E-state index is 12.3. The highest BCUT2D eigenvalue weighted by Gasteiger charge is 2.18. The number of anilines is 1. The fourth-order valence-electron chi connectivity index (χ4n) is 2.68. The van der Waals surface area contributed by atoms with Crippen molar-refractivity contribution in [1.29, 1.82) is 0 Å². The maximum Gasteiger partial charge on any atom is 0.269 e. The van der Waals surface area contributed by atoms with Gasteiger partial charge in [-0.2, -0.15) is 0 Å². The molecule has 154 valence electrons. The van der Waals surface area contributed by atoms with Crippen LogP contribution in [0.2, 0.25) is 0 Å². The summed E-state index contributed by atoms with van der Waals surface area (Å²) in [5.74, 6) is -0.932. The lowest BCUT2D eigenvalue weighted by atomic mass is 9.86. The average Bonchev–Trinajstić information content (AvgIpc) is 2.65. The Bertz CT molecular complexity index is 903. The van der Waals surface area contributed by atoms with E-state index in [0.29, 0.717) is 23.2 Å². The van der Waals surface area contributed by atoms with Crippen molar-refractivity contribution in [3.63, 3.8) is 0 Å². The standard InChI is InChI=1S/C22H26BrN3O3/c1-5-6-19(27)24-16-10-7-14(8-11-16)20(28)25-26-21(29)15-9-12-17(18(23)13-15)22(2,3)4/h7-13H,5-6H2,1-4H3,(H,24,27)(H,25,28)(H,26,29). The summed E-state index contributed by atoms with van der Waals surface area (Å²) in [5, 5.41) is 2.76. The molecule has 0 aliphatic rings. The Hall–Kier alpha value is -2.67. The largest absolute Gasteiger partial charge is 0.326 e. The van der Waals surface area contributed by atoms with Gasteiger partial charge in [-0.05, 0) is 53.8 Å². The zero-order valence-electron chi connectivity index (χ0n) is 17.1. The van der Waals surface area contributed by atoms with E-state index in [2.05, 4.69) is 52.9 Å². The lowest BCUT2D eigenvalue weighted by molar-refractivity contribution is -0.116. The molecule has 0 heterocycles. The summed E-state index contributed by atoms with van der Waals surface area (Å²) in [6, 6.07) is 11.8. The highest BCUT2D eigenvalue weighted by Crippen LogP contribution is 2.30. The van der Waals surface area contributed by atoms with E-state index < -0.39 is 11.8 Å². The van der Waals surface area contributed by atoms with E-state index in [1.54, 1.807) is 36.4 Å². The highest BCUT2D eigenvalue weighted by molar-refractivity contribution is 9.10.